The minimum Gasteiger partial charge on any atom is -0.494 e. The molecule has 1 aromatic rings. The number of halogens is 4. The van der Waals surface area contributed by atoms with Crippen LogP contribution in [-0.4, -0.2) is 92.7 Å². The van der Waals surface area contributed by atoms with Gasteiger partial charge < -0.3 is 19.9 Å². The molecular weight excluding hydrogens is 418 g/mol. The van der Waals surface area contributed by atoms with Crippen LogP contribution in [0.5, 0.6) is 5.75 Å². The number of carbonyl (C=O) groups excluding carboxylic acids is 1. The first kappa shape index (κ1) is 24.7. The fraction of sp³-hybridized carbons (Fsp3) is 0.600. The van der Waals surface area contributed by atoms with Crippen molar-refractivity contribution >= 4 is 11.9 Å². The van der Waals surface area contributed by atoms with E-state index in [0.717, 1.165) is 12.6 Å². The number of rotatable bonds is 7. The zero-order valence-electron chi connectivity index (χ0n) is 18.0. The van der Waals surface area contributed by atoms with Gasteiger partial charge in [-0.05, 0) is 24.6 Å². The third-order valence-corrected chi connectivity index (χ3v) is 4.84. The first-order valence-corrected chi connectivity index (χ1v) is 10.0. The number of carbonyl (C=O) groups is 1. The molecule has 7 nitrogen and oxygen atoms in total. The van der Waals surface area contributed by atoms with Crippen LogP contribution in [0.1, 0.15) is 12.5 Å². The van der Waals surface area contributed by atoms with Crippen LogP contribution in [0.15, 0.2) is 23.2 Å². The fourth-order valence-corrected chi connectivity index (χ4v) is 3.23. The minimum atomic E-state index is -4.44. The molecular formula is C20H29F4N5O2. The molecule has 0 bridgehead atoms. The molecule has 0 aromatic heterocycles. The van der Waals surface area contributed by atoms with Gasteiger partial charge >= 0.3 is 6.18 Å². The van der Waals surface area contributed by atoms with E-state index in [1.165, 1.54) is 13.2 Å². The molecule has 0 atom stereocenters. The van der Waals surface area contributed by atoms with Crippen molar-refractivity contribution in [3.63, 3.8) is 0 Å². The number of piperazine rings is 1. The van der Waals surface area contributed by atoms with Gasteiger partial charge in [-0.25, -0.2) is 9.38 Å². The summed E-state index contributed by atoms with van der Waals surface area (Å²) in [6, 6.07) is 4.88. The third kappa shape index (κ3) is 7.89. The molecule has 1 aromatic carbocycles. The highest BCUT2D eigenvalue weighted by Crippen LogP contribution is 2.19. The zero-order chi connectivity index (χ0) is 23.0. The normalized spacial score (nSPS) is 15.7. The van der Waals surface area contributed by atoms with Crippen molar-refractivity contribution in [3.8, 4) is 5.75 Å². The Hall–Kier alpha value is -2.56. The number of guanidine groups is 1. The molecule has 0 saturated carbocycles. The number of ether oxygens (including phenoxy) is 1. The summed E-state index contributed by atoms with van der Waals surface area (Å²) in [7, 11) is 2.53. The molecule has 1 fully saturated rings. The summed E-state index contributed by atoms with van der Waals surface area (Å²) in [6.45, 7) is 4.00. The number of amides is 1. The van der Waals surface area contributed by atoms with Crippen molar-refractivity contribution < 1.29 is 27.1 Å². The van der Waals surface area contributed by atoms with Crippen molar-refractivity contribution in [2.24, 2.45) is 4.99 Å². The van der Waals surface area contributed by atoms with Crippen LogP contribution in [0.3, 0.4) is 0 Å². The highest BCUT2D eigenvalue weighted by molar-refractivity contribution is 5.85. The first-order valence-electron chi connectivity index (χ1n) is 10.0. The smallest absolute Gasteiger partial charge is 0.406 e. The van der Waals surface area contributed by atoms with Gasteiger partial charge in [0.25, 0.3) is 0 Å². The van der Waals surface area contributed by atoms with Crippen LogP contribution in [0.4, 0.5) is 17.6 Å². The molecule has 0 unspecified atom stereocenters. The number of hydrogen-bond acceptors (Lipinski definition) is 4. The number of nitrogens with one attached hydrogen (secondary N) is 1. The van der Waals surface area contributed by atoms with E-state index in [-0.39, 0.29) is 12.3 Å². The van der Waals surface area contributed by atoms with E-state index in [1.807, 2.05) is 17.9 Å². The predicted molar refractivity (Wildman–Crippen MR) is 109 cm³/mol. The lowest BCUT2D eigenvalue weighted by molar-refractivity contribution is -0.157. The average molecular weight is 447 g/mol. The van der Waals surface area contributed by atoms with E-state index in [1.54, 1.807) is 6.07 Å². The van der Waals surface area contributed by atoms with E-state index in [4.69, 9.17) is 4.74 Å². The maximum atomic E-state index is 13.9. The lowest BCUT2D eigenvalue weighted by Crippen LogP contribution is -2.52. The molecule has 1 saturated heterocycles. The Labute approximate surface area is 179 Å². The Morgan fingerprint density at radius 1 is 1.26 bits per heavy atom. The van der Waals surface area contributed by atoms with Gasteiger partial charge in [0.1, 0.15) is 13.1 Å². The zero-order valence-corrected chi connectivity index (χ0v) is 18.0. The standard InChI is InChI=1S/C20H29F4N5O2/c1-4-25-19(26-12-18(30)27(2)14-20(22,23)24)29-9-7-28(8-10-29)13-15-5-6-17(31-3)16(21)11-15/h5-6,11H,4,7-10,12-14H2,1-3H3,(H,25,26). The molecule has 1 amide bonds. The molecule has 1 aliphatic rings. The van der Waals surface area contributed by atoms with Crippen LogP contribution in [0, 0.1) is 5.82 Å². The van der Waals surface area contributed by atoms with Gasteiger partial charge in [-0.2, -0.15) is 13.2 Å². The van der Waals surface area contributed by atoms with Crippen LogP contribution < -0.4 is 10.1 Å². The van der Waals surface area contributed by atoms with Crippen molar-refractivity contribution in [2.45, 2.75) is 19.6 Å². The van der Waals surface area contributed by atoms with E-state index in [2.05, 4.69) is 15.2 Å². The number of alkyl halides is 3. The Balaban J connectivity index is 1.90. The fourth-order valence-electron chi connectivity index (χ4n) is 3.23. The second kappa shape index (κ2) is 11.2. The van der Waals surface area contributed by atoms with Crippen LogP contribution >= 0.6 is 0 Å². The Morgan fingerprint density at radius 3 is 2.48 bits per heavy atom. The van der Waals surface area contributed by atoms with E-state index in [0.29, 0.717) is 50.1 Å². The summed E-state index contributed by atoms with van der Waals surface area (Å²) in [5.41, 5.74) is 0.839. The number of methoxy groups -OCH3 is 1. The van der Waals surface area contributed by atoms with Crippen LogP contribution in [0.2, 0.25) is 0 Å². The second-order valence-corrected chi connectivity index (χ2v) is 7.27. The minimum absolute atomic E-state index is 0.204. The van der Waals surface area contributed by atoms with Gasteiger partial charge in [-0.1, -0.05) is 6.07 Å². The second-order valence-electron chi connectivity index (χ2n) is 7.27. The van der Waals surface area contributed by atoms with Gasteiger partial charge in [0, 0.05) is 46.3 Å². The third-order valence-electron chi connectivity index (χ3n) is 4.84. The average Bonchev–Trinajstić information content (AvgIpc) is 2.70. The number of likely N-dealkylation sites (N-methyl/N-ethyl adjacent to an activating group) is 1. The van der Waals surface area contributed by atoms with Gasteiger partial charge in [0.05, 0.1) is 7.11 Å². The maximum Gasteiger partial charge on any atom is 0.406 e. The van der Waals surface area contributed by atoms with Gasteiger partial charge in [-0.15, -0.1) is 0 Å². The number of benzene rings is 1. The lowest BCUT2D eigenvalue weighted by Gasteiger charge is -2.36. The summed E-state index contributed by atoms with van der Waals surface area (Å²) in [5.74, 6) is -0.407. The number of nitrogens with zero attached hydrogens (tertiary/aromatic N) is 4. The molecule has 0 radical (unpaired) electrons. The summed E-state index contributed by atoms with van der Waals surface area (Å²) >= 11 is 0. The predicted octanol–water partition coefficient (Wildman–Crippen LogP) is 1.94. The summed E-state index contributed by atoms with van der Waals surface area (Å²) in [4.78, 5) is 20.9. The molecule has 31 heavy (non-hydrogen) atoms. The molecule has 1 N–H and O–H groups in total. The van der Waals surface area contributed by atoms with Crippen LogP contribution in [0.25, 0.3) is 0 Å². The van der Waals surface area contributed by atoms with Gasteiger partial charge in [0.15, 0.2) is 17.5 Å². The molecule has 0 aliphatic carbocycles. The highest BCUT2D eigenvalue weighted by Gasteiger charge is 2.31. The maximum absolute atomic E-state index is 13.9. The van der Waals surface area contributed by atoms with Gasteiger partial charge in [-0.3, -0.25) is 9.69 Å². The van der Waals surface area contributed by atoms with Gasteiger partial charge in [0.2, 0.25) is 5.91 Å². The SMILES string of the molecule is CCNC(=NCC(=O)N(C)CC(F)(F)F)N1CCN(Cc2ccc(OC)c(F)c2)CC1. The molecule has 0 spiro atoms. The first-order chi connectivity index (χ1) is 14.6. The van der Waals surface area contributed by atoms with E-state index < -0.39 is 24.4 Å². The number of aliphatic imine (C=N–C) groups is 1. The largest absolute Gasteiger partial charge is 0.494 e. The monoisotopic (exact) mass is 447 g/mol. The molecule has 11 heteroatoms. The molecule has 1 heterocycles. The van der Waals surface area contributed by atoms with Crippen LogP contribution in [-0.2, 0) is 11.3 Å². The Bertz CT molecular complexity index is 764. The quantitative estimate of drug-likeness (QED) is 0.393. The van der Waals surface area contributed by atoms with E-state index >= 15 is 0 Å². The van der Waals surface area contributed by atoms with Crippen molar-refractivity contribution in [1.82, 2.24) is 20.0 Å². The number of hydrogen-bond donors (Lipinski definition) is 1. The molecule has 174 valence electrons. The summed E-state index contributed by atoms with van der Waals surface area (Å²) in [6.07, 6.45) is -4.44. The Kier molecular flexibility index (Phi) is 8.90. The Morgan fingerprint density at radius 2 is 1.94 bits per heavy atom. The van der Waals surface area contributed by atoms with Crippen molar-refractivity contribution in [1.29, 1.82) is 0 Å². The summed E-state index contributed by atoms with van der Waals surface area (Å²) in [5, 5.41) is 3.08. The van der Waals surface area contributed by atoms with Crippen molar-refractivity contribution in [3.05, 3.63) is 29.6 Å². The molecule has 2 rings (SSSR count). The lowest BCUT2D eigenvalue weighted by atomic mass is 10.2. The topological polar surface area (TPSA) is 60.4 Å². The highest BCUT2D eigenvalue weighted by atomic mass is 19.4. The van der Waals surface area contributed by atoms with E-state index in [9.17, 15) is 22.4 Å². The summed E-state index contributed by atoms with van der Waals surface area (Å²) < 4.78 is 56.2. The van der Waals surface area contributed by atoms with Crippen molar-refractivity contribution in [2.75, 3.05) is 60.0 Å². The molecule has 1 aliphatic heterocycles.